The first-order valence-electron chi connectivity index (χ1n) is 16.1. The normalized spacial score (nSPS) is 12.3. The summed E-state index contributed by atoms with van der Waals surface area (Å²) in [5.41, 5.74) is 8.87. The summed E-state index contributed by atoms with van der Waals surface area (Å²) in [6.07, 6.45) is 0. The first-order valence-corrected chi connectivity index (χ1v) is 16.1. The monoisotopic (exact) mass is 598 g/mol. The van der Waals surface area contributed by atoms with Gasteiger partial charge in [0.2, 0.25) is 0 Å². The van der Waals surface area contributed by atoms with Crippen molar-refractivity contribution in [3.8, 4) is 11.4 Å². The van der Waals surface area contributed by atoms with Crippen LogP contribution in [0.5, 0.6) is 0 Å². The second-order valence-corrected chi connectivity index (χ2v) is 12.5. The average Bonchev–Trinajstić information content (AvgIpc) is 3.78. The lowest BCUT2D eigenvalue weighted by molar-refractivity contribution is 0.669. The van der Waals surface area contributed by atoms with Gasteiger partial charge in [-0.05, 0) is 82.2 Å². The molecule has 0 radical (unpaired) electrons. The fourth-order valence-corrected chi connectivity index (χ4v) is 8.06. The van der Waals surface area contributed by atoms with Gasteiger partial charge in [-0.25, -0.2) is 0 Å². The standard InChI is InChI=1S/C44H26N2O/c1-2-12-29(13-3-1)45-38-21-18-27-10-4-6-14-31(27)43(38)35-25-34-33-16-8-9-17-37(33)46(39(34)26-40(35)45)30-20-23-41-36(24-30)44-32-15-7-5-11-28(32)19-22-42(44)47-41/h1-26H. The van der Waals surface area contributed by atoms with Gasteiger partial charge in [0.05, 0.1) is 22.1 Å². The summed E-state index contributed by atoms with van der Waals surface area (Å²) in [7, 11) is 0. The van der Waals surface area contributed by atoms with Crippen molar-refractivity contribution in [3.05, 3.63) is 158 Å². The molecule has 218 valence electrons. The Kier molecular flexibility index (Phi) is 4.84. The highest BCUT2D eigenvalue weighted by atomic mass is 16.3. The zero-order chi connectivity index (χ0) is 30.6. The molecule has 0 saturated heterocycles. The van der Waals surface area contributed by atoms with E-state index in [-0.39, 0.29) is 0 Å². The number of nitrogens with zero attached hydrogens (tertiary/aromatic N) is 2. The number of hydrogen-bond acceptors (Lipinski definition) is 1. The van der Waals surface area contributed by atoms with Crippen molar-refractivity contribution < 1.29 is 4.42 Å². The largest absolute Gasteiger partial charge is 0.456 e. The van der Waals surface area contributed by atoms with Gasteiger partial charge in [0.15, 0.2) is 0 Å². The van der Waals surface area contributed by atoms with E-state index in [1.54, 1.807) is 0 Å². The van der Waals surface area contributed by atoms with Gasteiger partial charge in [-0.3, -0.25) is 0 Å². The fraction of sp³-hybridized carbons (Fsp3) is 0. The Morgan fingerprint density at radius 1 is 0.319 bits per heavy atom. The van der Waals surface area contributed by atoms with Gasteiger partial charge >= 0.3 is 0 Å². The number of rotatable bonds is 2. The Hall–Kier alpha value is -6.32. The molecule has 0 aliphatic heterocycles. The van der Waals surface area contributed by atoms with E-state index in [2.05, 4.69) is 167 Å². The Bertz CT molecular complexity index is 3070. The van der Waals surface area contributed by atoms with Gasteiger partial charge in [-0.15, -0.1) is 0 Å². The summed E-state index contributed by atoms with van der Waals surface area (Å²) in [5, 5.41) is 12.3. The molecule has 0 bridgehead atoms. The molecule has 11 rings (SSSR count). The van der Waals surface area contributed by atoms with Gasteiger partial charge in [-0.1, -0.05) is 97.1 Å². The van der Waals surface area contributed by atoms with Crippen LogP contribution in [0.2, 0.25) is 0 Å². The summed E-state index contributed by atoms with van der Waals surface area (Å²) < 4.78 is 11.2. The zero-order valence-electron chi connectivity index (χ0n) is 25.3. The lowest BCUT2D eigenvalue weighted by atomic mass is 10.0. The molecule has 47 heavy (non-hydrogen) atoms. The SMILES string of the molecule is c1ccc(-n2c3cc4c(cc3c3c5ccccc5ccc32)c2ccccc2n4-c2ccc3oc4ccc5ccccc5c4c3c2)cc1. The third-order valence-corrected chi connectivity index (χ3v) is 10.1. The molecule has 0 saturated carbocycles. The number of para-hydroxylation sites is 2. The Balaban J connectivity index is 1.30. The molecular formula is C44H26N2O. The quantitative estimate of drug-likeness (QED) is 0.194. The van der Waals surface area contributed by atoms with Crippen molar-refractivity contribution in [2.75, 3.05) is 0 Å². The molecular weight excluding hydrogens is 572 g/mol. The van der Waals surface area contributed by atoms with Crippen molar-refractivity contribution in [2.24, 2.45) is 0 Å². The second-order valence-electron chi connectivity index (χ2n) is 12.5. The summed E-state index contributed by atoms with van der Waals surface area (Å²) in [5.74, 6) is 0. The third kappa shape index (κ3) is 3.35. The second kappa shape index (κ2) is 9.12. The van der Waals surface area contributed by atoms with Crippen LogP contribution in [0.1, 0.15) is 0 Å². The van der Waals surface area contributed by atoms with E-state index >= 15 is 0 Å². The molecule has 0 aliphatic carbocycles. The molecule has 8 aromatic carbocycles. The minimum Gasteiger partial charge on any atom is -0.456 e. The Morgan fingerprint density at radius 3 is 1.79 bits per heavy atom. The van der Waals surface area contributed by atoms with E-state index < -0.39 is 0 Å². The maximum atomic E-state index is 6.39. The number of furan rings is 1. The maximum Gasteiger partial charge on any atom is 0.136 e. The lowest BCUT2D eigenvalue weighted by Gasteiger charge is -2.10. The fourth-order valence-electron chi connectivity index (χ4n) is 8.06. The molecule has 3 aromatic heterocycles. The first kappa shape index (κ1) is 24.9. The molecule has 3 nitrogen and oxygen atoms in total. The Labute approximate surface area is 269 Å². The highest BCUT2D eigenvalue weighted by Gasteiger charge is 2.20. The van der Waals surface area contributed by atoms with Gasteiger partial charge in [-0.2, -0.15) is 0 Å². The van der Waals surface area contributed by atoms with Crippen molar-refractivity contribution in [3.63, 3.8) is 0 Å². The molecule has 0 N–H and O–H groups in total. The highest BCUT2D eigenvalue weighted by Crippen LogP contribution is 2.43. The molecule has 0 unspecified atom stereocenters. The van der Waals surface area contributed by atoms with Gasteiger partial charge in [0.25, 0.3) is 0 Å². The minimum absolute atomic E-state index is 0.902. The minimum atomic E-state index is 0.902. The first-order chi connectivity index (χ1) is 23.3. The van der Waals surface area contributed by atoms with Crippen LogP contribution in [-0.4, -0.2) is 9.13 Å². The van der Waals surface area contributed by atoms with Crippen LogP contribution in [0.4, 0.5) is 0 Å². The zero-order valence-corrected chi connectivity index (χ0v) is 25.3. The number of fused-ring (bicyclic) bond motifs is 13. The predicted octanol–water partition coefficient (Wildman–Crippen LogP) is 12.1. The lowest BCUT2D eigenvalue weighted by Crippen LogP contribution is -1.95. The summed E-state index contributed by atoms with van der Waals surface area (Å²) >= 11 is 0. The summed E-state index contributed by atoms with van der Waals surface area (Å²) in [4.78, 5) is 0. The molecule has 3 heteroatoms. The van der Waals surface area contributed by atoms with Crippen LogP contribution in [0.25, 0.3) is 98.5 Å². The van der Waals surface area contributed by atoms with E-state index in [0.29, 0.717) is 0 Å². The van der Waals surface area contributed by atoms with E-state index in [4.69, 9.17) is 4.42 Å². The predicted molar refractivity (Wildman–Crippen MR) is 197 cm³/mol. The highest BCUT2D eigenvalue weighted by molar-refractivity contribution is 6.25. The summed E-state index contributed by atoms with van der Waals surface area (Å²) in [6, 6.07) is 57.1. The van der Waals surface area contributed by atoms with Gasteiger partial charge in [0, 0.05) is 43.7 Å². The van der Waals surface area contributed by atoms with Crippen LogP contribution in [0, 0.1) is 0 Å². The van der Waals surface area contributed by atoms with Crippen LogP contribution < -0.4 is 0 Å². The molecule has 3 heterocycles. The number of benzene rings is 8. The van der Waals surface area contributed by atoms with Crippen molar-refractivity contribution >= 4 is 87.1 Å². The van der Waals surface area contributed by atoms with Gasteiger partial charge < -0.3 is 13.6 Å². The van der Waals surface area contributed by atoms with Crippen molar-refractivity contribution in [1.29, 1.82) is 0 Å². The number of aromatic nitrogens is 2. The molecule has 11 aromatic rings. The van der Waals surface area contributed by atoms with Crippen molar-refractivity contribution in [1.82, 2.24) is 9.13 Å². The topological polar surface area (TPSA) is 23.0 Å². The summed E-state index contributed by atoms with van der Waals surface area (Å²) in [6.45, 7) is 0. The number of hydrogen-bond donors (Lipinski definition) is 0. The van der Waals surface area contributed by atoms with Gasteiger partial charge in [0.1, 0.15) is 11.2 Å². The van der Waals surface area contributed by atoms with E-state index in [9.17, 15) is 0 Å². The van der Waals surface area contributed by atoms with Crippen LogP contribution in [0.15, 0.2) is 162 Å². The van der Waals surface area contributed by atoms with Crippen LogP contribution in [0.3, 0.4) is 0 Å². The smallest absolute Gasteiger partial charge is 0.136 e. The van der Waals surface area contributed by atoms with E-state index in [1.807, 2.05) is 0 Å². The van der Waals surface area contributed by atoms with Crippen LogP contribution >= 0.6 is 0 Å². The molecule has 0 atom stereocenters. The van der Waals surface area contributed by atoms with Crippen molar-refractivity contribution in [2.45, 2.75) is 0 Å². The van der Waals surface area contributed by atoms with Crippen LogP contribution in [-0.2, 0) is 0 Å². The Morgan fingerprint density at radius 2 is 0.957 bits per heavy atom. The maximum absolute atomic E-state index is 6.39. The molecule has 0 aliphatic rings. The molecule has 0 amide bonds. The third-order valence-electron chi connectivity index (χ3n) is 10.1. The van der Waals surface area contributed by atoms with E-state index in [0.717, 1.165) is 27.9 Å². The molecule has 0 fully saturated rings. The molecule has 0 spiro atoms. The van der Waals surface area contributed by atoms with E-state index in [1.165, 1.54) is 70.5 Å². The average molecular weight is 599 g/mol.